The normalized spacial score (nSPS) is 10.9. The van der Waals surface area contributed by atoms with Gasteiger partial charge >= 0.3 is 0 Å². The van der Waals surface area contributed by atoms with Crippen LogP contribution < -0.4 is 5.32 Å². The van der Waals surface area contributed by atoms with E-state index in [0.29, 0.717) is 11.3 Å². The molecule has 0 saturated heterocycles. The number of anilines is 1. The van der Waals surface area contributed by atoms with Crippen molar-refractivity contribution >= 4 is 17.2 Å². The lowest BCUT2D eigenvalue weighted by molar-refractivity contribution is -0.115. The van der Waals surface area contributed by atoms with Gasteiger partial charge in [-0.15, -0.1) is 0 Å². The Labute approximate surface area is 127 Å². The van der Waals surface area contributed by atoms with Crippen molar-refractivity contribution in [1.82, 2.24) is 9.38 Å². The molecule has 0 bridgehead atoms. The lowest BCUT2D eigenvalue weighted by Gasteiger charge is -2.08. The largest absolute Gasteiger partial charge is 0.326 e. The molecule has 0 fully saturated rings. The first-order valence-corrected chi connectivity index (χ1v) is 7.01. The summed E-state index contributed by atoms with van der Waals surface area (Å²) in [6.45, 7) is 3.96. The minimum atomic E-state index is -0.337. The summed E-state index contributed by atoms with van der Waals surface area (Å²) in [7, 11) is 0. The molecule has 0 atom stereocenters. The minimum absolute atomic E-state index is 0.143. The number of rotatable bonds is 3. The van der Waals surface area contributed by atoms with Crippen LogP contribution in [-0.4, -0.2) is 15.3 Å². The number of imidazole rings is 1. The van der Waals surface area contributed by atoms with Crippen molar-refractivity contribution in [2.75, 3.05) is 5.32 Å². The quantitative estimate of drug-likeness (QED) is 0.806. The number of hydrogen-bond acceptors (Lipinski definition) is 2. The van der Waals surface area contributed by atoms with Gasteiger partial charge in [-0.3, -0.25) is 4.79 Å². The van der Waals surface area contributed by atoms with Crippen molar-refractivity contribution in [3.05, 3.63) is 65.4 Å². The van der Waals surface area contributed by atoms with Gasteiger partial charge in [0.05, 0.1) is 12.1 Å². The number of benzene rings is 1. The molecule has 22 heavy (non-hydrogen) atoms. The highest BCUT2D eigenvalue weighted by Gasteiger charge is 2.09. The highest BCUT2D eigenvalue weighted by atomic mass is 19.1. The van der Waals surface area contributed by atoms with Crippen molar-refractivity contribution in [3.63, 3.8) is 0 Å². The maximum absolute atomic E-state index is 13.1. The Hall–Kier alpha value is -2.69. The van der Waals surface area contributed by atoms with Crippen LogP contribution in [0.15, 0.2) is 42.7 Å². The molecule has 0 radical (unpaired) electrons. The van der Waals surface area contributed by atoms with E-state index in [-0.39, 0.29) is 18.1 Å². The molecule has 1 aromatic carbocycles. The van der Waals surface area contributed by atoms with Crippen molar-refractivity contribution < 1.29 is 9.18 Å². The predicted octanol–water partition coefficient (Wildman–Crippen LogP) is 3.27. The van der Waals surface area contributed by atoms with Gasteiger partial charge < -0.3 is 9.72 Å². The smallest absolute Gasteiger partial charge is 0.230 e. The molecular formula is C17H16FN3O. The summed E-state index contributed by atoms with van der Waals surface area (Å²) < 4.78 is 14.7. The highest BCUT2D eigenvalue weighted by Crippen LogP contribution is 2.16. The summed E-state index contributed by atoms with van der Waals surface area (Å²) in [5.41, 5.74) is 4.19. The summed E-state index contributed by atoms with van der Waals surface area (Å²) >= 11 is 0. The van der Waals surface area contributed by atoms with Crippen molar-refractivity contribution in [1.29, 1.82) is 0 Å². The SMILES string of the molecule is Cc1ccc(NC(=O)Cc2cn3cc(F)ccc3n2)c(C)c1. The topological polar surface area (TPSA) is 46.4 Å². The summed E-state index contributed by atoms with van der Waals surface area (Å²) in [6.07, 6.45) is 3.16. The number of nitrogens with one attached hydrogen (secondary N) is 1. The molecule has 112 valence electrons. The zero-order valence-electron chi connectivity index (χ0n) is 12.4. The van der Waals surface area contributed by atoms with Gasteiger partial charge in [-0.25, -0.2) is 9.37 Å². The average molecular weight is 297 g/mol. The van der Waals surface area contributed by atoms with Gasteiger partial charge in [-0.2, -0.15) is 0 Å². The predicted molar refractivity (Wildman–Crippen MR) is 83.4 cm³/mol. The molecule has 0 aliphatic carbocycles. The first-order chi connectivity index (χ1) is 10.5. The van der Waals surface area contributed by atoms with Crippen LogP contribution in [0.5, 0.6) is 0 Å². The zero-order chi connectivity index (χ0) is 15.7. The molecule has 1 amide bonds. The Morgan fingerprint density at radius 1 is 1.23 bits per heavy atom. The third kappa shape index (κ3) is 2.98. The number of nitrogens with zero attached hydrogens (tertiary/aromatic N) is 2. The number of aromatic nitrogens is 2. The molecule has 3 rings (SSSR count). The zero-order valence-corrected chi connectivity index (χ0v) is 12.4. The van der Waals surface area contributed by atoms with E-state index in [2.05, 4.69) is 10.3 Å². The van der Waals surface area contributed by atoms with Crippen molar-refractivity contribution in [2.24, 2.45) is 0 Å². The molecule has 0 aliphatic rings. The number of amides is 1. The molecular weight excluding hydrogens is 281 g/mol. The standard InChI is InChI=1S/C17H16FN3O/c1-11-3-5-15(12(2)7-11)20-17(22)8-14-10-21-9-13(18)4-6-16(21)19-14/h3-7,9-10H,8H2,1-2H3,(H,20,22). The molecule has 2 aromatic heterocycles. The number of carbonyl (C=O) groups is 1. The van der Waals surface area contributed by atoms with Gasteiger partial charge in [0.25, 0.3) is 0 Å². The second-order valence-corrected chi connectivity index (χ2v) is 5.39. The van der Waals surface area contributed by atoms with Crippen LogP contribution in [0.1, 0.15) is 16.8 Å². The number of halogens is 1. The first-order valence-electron chi connectivity index (χ1n) is 7.01. The number of hydrogen-bond donors (Lipinski definition) is 1. The monoisotopic (exact) mass is 297 g/mol. The van der Waals surface area contributed by atoms with Crippen LogP contribution in [0.4, 0.5) is 10.1 Å². The number of aryl methyl sites for hydroxylation is 2. The Bertz CT molecular complexity index is 854. The van der Waals surface area contributed by atoms with Crippen LogP contribution in [-0.2, 0) is 11.2 Å². The van der Waals surface area contributed by atoms with Gasteiger partial charge in [0.15, 0.2) is 0 Å². The van der Waals surface area contributed by atoms with Crippen LogP contribution in [0.25, 0.3) is 5.65 Å². The van der Waals surface area contributed by atoms with E-state index >= 15 is 0 Å². The summed E-state index contributed by atoms with van der Waals surface area (Å²) in [5, 5.41) is 2.88. The third-order valence-electron chi connectivity index (χ3n) is 3.46. The van der Waals surface area contributed by atoms with E-state index in [1.54, 1.807) is 16.7 Å². The highest BCUT2D eigenvalue weighted by molar-refractivity contribution is 5.92. The summed E-state index contributed by atoms with van der Waals surface area (Å²) in [4.78, 5) is 16.4. The van der Waals surface area contributed by atoms with Gasteiger partial charge in [0, 0.05) is 18.1 Å². The van der Waals surface area contributed by atoms with E-state index in [1.165, 1.54) is 12.3 Å². The van der Waals surface area contributed by atoms with Gasteiger partial charge in [0.1, 0.15) is 11.5 Å². The van der Waals surface area contributed by atoms with E-state index < -0.39 is 0 Å². The van der Waals surface area contributed by atoms with Crippen LogP contribution in [0, 0.1) is 19.7 Å². The number of carbonyl (C=O) groups excluding carboxylic acids is 1. The molecule has 5 heteroatoms. The first kappa shape index (κ1) is 14.3. The van der Waals surface area contributed by atoms with Crippen LogP contribution in [0.3, 0.4) is 0 Å². The van der Waals surface area contributed by atoms with Crippen LogP contribution in [0.2, 0.25) is 0 Å². The Morgan fingerprint density at radius 2 is 2.05 bits per heavy atom. The summed E-state index contributed by atoms with van der Waals surface area (Å²) in [5.74, 6) is -0.480. The third-order valence-corrected chi connectivity index (χ3v) is 3.46. The fourth-order valence-electron chi connectivity index (χ4n) is 2.42. The van der Waals surface area contributed by atoms with E-state index in [1.807, 2.05) is 32.0 Å². The van der Waals surface area contributed by atoms with Gasteiger partial charge in [-0.1, -0.05) is 17.7 Å². The van der Waals surface area contributed by atoms with Gasteiger partial charge in [0.2, 0.25) is 5.91 Å². The average Bonchev–Trinajstić information content (AvgIpc) is 2.83. The summed E-state index contributed by atoms with van der Waals surface area (Å²) in [6, 6.07) is 8.80. The van der Waals surface area contributed by atoms with Crippen molar-refractivity contribution in [3.8, 4) is 0 Å². The minimum Gasteiger partial charge on any atom is -0.326 e. The van der Waals surface area contributed by atoms with E-state index in [9.17, 15) is 9.18 Å². The lowest BCUT2D eigenvalue weighted by atomic mass is 10.1. The number of pyridine rings is 1. The second kappa shape index (κ2) is 5.60. The van der Waals surface area contributed by atoms with Gasteiger partial charge in [-0.05, 0) is 37.6 Å². The molecule has 0 spiro atoms. The Morgan fingerprint density at radius 3 is 2.82 bits per heavy atom. The molecule has 1 N–H and O–H groups in total. The maximum Gasteiger partial charge on any atom is 0.230 e. The lowest BCUT2D eigenvalue weighted by Crippen LogP contribution is -2.15. The Balaban J connectivity index is 1.75. The van der Waals surface area contributed by atoms with Crippen molar-refractivity contribution in [2.45, 2.75) is 20.3 Å². The molecule has 3 aromatic rings. The number of fused-ring (bicyclic) bond motifs is 1. The molecule has 2 heterocycles. The fraction of sp³-hybridized carbons (Fsp3) is 0.176. The van der Waals surface area contributed by atoms with E-state index in [0.717, 1.165) is 16.8 Å². The molecule has 0 aliphatic heterocycles. The molecule has 0 unspecified atom stereocenters. The Kier molecular flexibility index (Phi) is 3.63. The van der Waals surface area contributed by atoms with Crippen LogP contribution >= 0.6 is 0 Å². The molecule has 0 saturated carbocycles. The second-order valence-electron chi connectivity index (χ2n) is 5.39. The molecule has 4 nitrogen and oxygen atoms in total. The fourth-order valence-corrected chi connectivity index (χ4v) is 2.42. The van der Waals surface area contributed by atoms with E-state index in [4.69, 9.17) is 0 Å². The maximum atomic E-state index is 13.1.